The Balaban J connectivity index is 1.53. The van der Waals surface area contributed by atoms with Crippen LogP contribution in [-0.2, 0) is 27.2 Å². The SMILES string of the molecule is Cc1cn2c(n1)CC[C@H](NC(=O)[C@@H](OC[C@@H]1CCCO1)C(C)C)C2. The molecule has 0 unspecified atom stereocenters. The molecule has 6 heteroatoms. The molecule has 1 aromatic rings. The van der Waals surface area contributed by atoms with Gasteiger partial charge >= 0.3 is 0 Å². The van der Waals surface area contributed by atoms with Crippen molar-refractivity contribution in [3.8, 4) is 0 Å². The molecule has 0 bridgehead atoms. The number of ether oxygens (including phenoxy) is 2. The smallest absolute Gasteiger partial charge is 0.249 e. The number of rotatable bonds is 6. The van der Waals surface area contributed by atoms with E-state index in [9.17, 15) is 4.79 Å². The van der Waals surface area contributed by atoms with E-state index in [-0.39, 0.29) is 24.0 Å². The number of amides is 1. The highest BCUT2D eigenvalue weighted by atomic mass is 16.5. The predicted octanol–water partition coefficient (Wildman–Crippen LogP) is 1.84. The van der Waals surface area contributed by atoms with Gasteiger partial charge in [-0.15, -0.1) is 0 Å². The van der Waals surface area contributed by atoms with Crippen LogP contribution in [-0.4, -0.2) is 46.9 Å². The minimum absolute atomic E-state index is 0.00622. The van der Waals surface area contributed by atoms with E-state index < -0.39 is 6.10 Å². The molecule has 0 spiro atoms. The lowest BCUT2D eigenvalue weighted by atomic mass is 10.0. The summed E-state index contributed by atoms with van der Waals surface area (Å²) in [6.07, 6.45) is 5.73. The average molecular weight is 335 g/mol. The van der Waals surface area contributed by atoms with Gasteiger partial charge in [-0.3, -0.25) is 4.79 Å². The first-order valence-electron chi connectivity index (χ1n) is 9.09. The monoisotopic (exact) mass is 335 g/mol. The lowest BCUT2D eigenvalue weighted by molar-refractivity contribution is -0.139. The molecular weight excluding hydrogens is 306 g/mol. The van der Waals surface area contributed by atoms with Crippen LogP contribution in [0.3, 0.4) is 0 Å². The van der Waals surface area contributed by atoms with Crippen LogP contribution in [0.1, 0.15) is 44.6 Å². The van der Waals surface area contributed by atoms with Gasteiger partial charge in [0.05, 0.1) is 18.4 Å². The molecule has 1 amide bonds. The summed E-state index contributed by atoms with van der Waals surface area (Å²) < 4.78 is 13.6. The van der Waals surface area contributed by atoms with Crippen molar-refractivity contribution in [2.75, 3.05) is 13.2 Å². The molecule has 0 aromatic carbocycles. The number of aromatic nitrogens is 2. The van der Waals surface area contributed by atoms with Crippen molar-refractivity contribution in [2.45, 2.75) is 71.2 Å². The van der Waals surface area contributed by atoms with E-state index >= 15 is 0 Å². The molecule has 3 atom stereocenters. The van der Waals surface area contributed by atoms with Gasteiger partial charge in [0.25, 0.3) is 0 Å². The van der Waals surface area contributed by atoms with Gasteiger partial charge in [0.15, 0.2) is 0 Å². The number of nitrogens with zero attached hydrogens (tertiary/aromatic N) is 2. The van der Waals surface area contributed by atoms with Crippen LogP contribution >= 0.6 is 0 Å². The molecule has 1 aromatic heterocycles. The van der Waals surface area contributed by atoms with E-state index in [1.54, 1.807) is 0 Å². The standard InChI is InChI=1S/C18H29N3O3/c1-12(2)17(24-11-15-5-4-8-23-15)18(22)20-14-6-7-16-19-13(3)9-21(16)10-14/h9,12,14-15,17H,4-8,10-11H2,1-3H3,(H,20,22)/t14-,15-,17-/m0/s1. The minimum atomic E-state index is -0.417. The van der Waals surface area contributed by atoms with Crippen molar-refractivity contribution < 1.29 is 14.3 Å². The zero-order valence-corrected chi connectivity index (χ0v) is 15.0. The summed E-state index contributed by atoms with van der Waals surface area (Å²) >= 11 is 0. The number of fused-ring (bicyclic) bond motifs is 1. The average Bonchev–Trinajstić information content (AvgIpc) is 3.15. The highest BCUT2D eigenvalue weighted by molar-refractivity contribution is 5.81. The van der Waals surface area contributed by atoms with Crippen molar-refractivity contribution in [1.29, 1.82) is 0 Å². The lowest BCUT2D eigenvalue weighted by Crippen LogP contribution is -2.48. The molecule has 1 fully saturated rings. The summed E-state index contributed by atoms with van der Waals surface area (Å²) in [6, 6.07) is 0.145. The first-order chi connectivity index (χ1) is 11.5. The Bertz CT molecular complexity index is 564. The lowest BCUT2D eigenvalue weighted by Gasteiger charge is -2.28. The summed E-state index contributed by atoms with van der Waals surface area (Å²) in [5.41, 5.74) is 1.04. The van der Waals surface area contributed by atoms with Gasteiger partial charge in [0.1, 0.15) is 11.9 Å². The zero-order chi connectivity index (χ0) is 17.1. The molecule has 2 aliphatic rings. The predicted molar refractivity (Wildman–Crippen MR) is 90.8 cm³/mol. The molecule has 3 heterocycles. The van der Waals surface area contributed by atoms with Crippen molar-refractivity contribution in [3.63, 3.8) is 0 Å². The molecule has 134 valence electrons. The first-order valence-corrected chi connectivity index (χ1v) is 9.09. The highest BCUT2D eigenvalue weighted by Gasteiger charge is 2.29. The second kappa shape index (κ2) is 7.66. The van der Waals surface area contributed by atoms with Gasteiger partial charge in [-0.1, -0.05) is 13.8 Å². The number of hydrogen-bond donors (Lipinski definition) is 1. The summed E-state index contributed by atoms with van der Waals surface area (Å²) in [5, 5.41) is 3.17. The fourth-order valence-corrected chi connectivity index (χ4v) is 3.55. The van der Waals surface area contributed by atoms with Gasteiger partial charge in [0, 0.05) is 31.8 Å². The van der Waals surface area contributed by atoms with Crippen molar-refractivity contribution in [1.82, 2.24) is 14.9 Å². The normalized spacial score (nSPS) is 24.8. The van der Waals surface area contributed by atoms with Crippen LogP contribution in [0.2, 0.25) is 0 Å². The number of aryl methyl sites for hydroxylation is 2. The maximum Gasteiger partial charge on any atom is 0.249 e. The third-order valence-electron chi connectivity index (χ3n) is 4.81. The Labute approximate surface area is 143 Å². The first kappa shape index (κ1) is 17.4. The number of carbonyl (C=O) groups is 1. The van der Waals surface area contributed by atoms with Crippen LogP contribution in [0.4, 0.5) is 0 Å². The third kappa shape index (κ3) is 4.16. The second-order valence-electron chi connectivity index (χ2n) is 7.33. The second-order valence-corrected chi connectivity index (χ2v) is 7.33. The minimum Gasteiger partial charge on any atom is -0.376 e. The molecule has 3 rings (SSSR count). The molecule has 0 aliphatic carbocycles. The van der Waals surface area contributed by atoms with Crippen molar-refractivity contribution in [2.24, 2.45) is 5.92 Å². The fraction of sp³-hybridized carbons (Fsp3) is 0.778. The van der Waals surface area contributed by atoms with Crippen LogP contribution in [0, 0.1) is 12.8 Å². The Morgan fingerprint density at radius 1 is 1.50 bits per heavy atom. The van der Waals surface area contributed by atoms with Gasteiger partial charge < -0.3 is 19.4 Å². The van der Waals surface area contributed by atoms with Crippen LogP contribution in [0.5, 0.6) is 0 Å². The van der Waals surface area contributed by atoms with Gasteiger partial charge in [-0.05, 0) is 32.1 Å². The van der Waals surface area contributed by atoms with E-state index in [4.69, 9.17) is 9.47 Å². The number of carbonyl (C=O) groups excluding carboxylic acids is 1. The molecule has 24 heavy (non-hydrogen) atoms. The Kier molecular flexibility index (Phi) is 5.56. The van der Waals surface area contributed by atoms with E-state index in [0.29, 0.717) is 6.61 Å². The Morgan fingerprint density at radius 3 is 3.04 bits per heavy atom. The third-order valence-corrected chi connectivity index (χ3v) is 4.81. The topological polar surface area (TPSA) is 65.4 Å². The molecule has 2 aliphatic heterocycles. The summed E-state index contributed by atoms with van der Waals surface area (Å²) in [7, 11) is 0. The summed E-state index contributed by atoms with van der Waals surface area (Å²) in [5.74, 6) is 1.25. The van der Waals surface area contributed by atoms with E-state index in [2.05, 4.69) is 21.1 Å². The van der Waals surface area contributed by atoms with Gasteiger partial charge in [0.2, 0.25) is 5.91 Å². The largest absolute Gasteiger partial charge is 0.376 e. The molecule has 1 saturated heterocycles. The van der Waals surface area contributed by atoms with Gasteiger partial charge in [-0.2, -0.15) is 0 Å². The van der Waals surface area contributed by atoms with Crippen molar-refractivity contribution >= 4 is 5.91 Å². The molecular formula is C18H29N3O3. The summed E-state index contributed by atoms with van der Waals surface area (Å²) in [6.45, 7) is 8.16. The van der Waals surface area contributed by atoms with Gasteiger partial charge in [-0.25, -0.2) is 4.98 Å². The maximum absolute atomic E-state index is 12.7. The number of hydrogen-bond acceptors (Lipinski definition) is 4. The quantitative estimate of drug-likeness (QED) is 0.861. The molecule has 0 radical (unpaired) electrons. The Hall–Kier alpha value is -1.40. The van der Waals surface area contributed by atoms with Crippen LogP contribution < -0.4 is 5.32 Å². The van der Waals surface area contributed by atoms with Crippen LogP contribution in [0.15, 0.2) is 6.20 Å². The van der Waals surface area contributed by atoms with Crippen molar-refractivity contribution in [3.05, 3.63) is 17.7 Å². The number of nitrogens with one attached hydrogen (secondary N) is 1. The zero-order valence-electron chi connectivity index (χ0n) is 15.0. The van der Waals surface area contributed by atoms with E-state index in [0.717, 1.165) is 50.4 Å². The molecule has 0 saturated carbocycles. The highest BCUT2D eigenvalue weighted by Crippen LogP contribution is 2.18. The van der Waals surface area contributed by atoms with E-state index in [1.165, 1.54) is 0 Å². The molecule has 6 nitrogen and oxygen atoms in total. The fourth-order valence-electron chi connectivity index (χ4n) is 3.55. The summed E-state index contributed by atoms with van der Waals surface area (Å²) in [4.78, 5) is 17.2. The number of imidazole rings is 1. The Morgan fingerprint density at radius 2 is 2.33 bits per heavy atom. The molecule has 1 N–H and O–H groups in total. The van der Waals surface area contributed by atoms with Crippen LogP contribution in [0.25, 0.3) is 0 Å². The van der Waals surface area contributed by atoms with E-state index in [1.807, 2.05) is 20.8 Å². The maximum atomic E-state index is 12.7.